The standard InChI is InChI=1S/C14H9BrFNO3S/c15-10-6-5-9(11(16)8-10)7-14-17(18)12-3-1-2-4-13(12)21(14,19)20/h1-6,8H,7H2. The third kappa shape index (κ3) is 2.26. The maximum absolute atomic E-state index is 13.9. The number of hydrogen-bond acceptors (Lipinski definition) is 3. The number of hydrogen-bond donors (Lipinski definition) is 0. The van der Waals surface area contributed by atoms with E-state index in [1.54, 1.807) is 18.2 Å². The van der Waals surface area contributed by atoms with Gasteiger partial charge in [0.2, 0.25) is 5.69 Å². The number of rotatable bonds is 2. The molecule has 4 nitrogen and oxygen atoms in total. The van der Waals surface area contributed by atoms with Gasteiger partial charge in [0, 0.05) is 10.5 Å². The summed E-state index contributed by atoms with van der Waals surface area (Å²) in [6, 6.07) is 10.2. The van der Waals surface area contributed by atoms with Crippen LogP contribution in [-0.4, -0.2) is 18.2 Å². The van der Waals surface area contributed by atoms with Gasteiger partial charge in [-0.2, -0.15) is 4.74 Å². The number of nitrogens with zero attached hydrogens (tertiary/aromatic N) is 1. The lowest BCUT2D eigenvalue weighted by Gasteiger charge is -2.04. The van der Waals surface area contributed by atoms with Crippen LogP contribution in [0.25, 0.3) is 0 Å². The van der Waals surface area contributed by atoms with Gasteiger partial charge in [0.1, 0.15) is 5.82 Å². The fourth-order valence-electron chi connectivity index (χ4n) is 2.22. The Morgan fingerprint density at radius 2 is 1.90 bits per heavy atom. The summed E-state index contributed by atoms with van der Waals surface area (Å²) < 4.78 is 39.5. The molecule has 0 amide bonds. The van der Waals surface area contributed by atoms with E-state index in [0.29, 0.717) is 9.21 Å². The smallest absolute Gasteiger partial charge is 0.294 e. The normalized spacial score (nSPS) is 16.1. The topological polar surface area (TPSA) is 60.2 Å². The molecule has 0 saturated heterocycles. The van der Waals surface area contributed by atoms with Crippen molar-refractivity contribution in [1.82, 2.24) is 0 Å². The molecule has 0 aromatic heterocycles. The van der Waals surface area contributed by atoms with Crippen LogP contribution < -0.4 is 0 Å². The molecule has 21 heavy (non-hydrogen) atoms. The second-order valence-electron chi connectivity index (χ2n) is 4.57. The second-order valence-corrected chi connectivity index (χ2v) is 7.41. The zero-order valence-electron chi connectivity index (χ0n) is 10.6. The summed E-state index contributed by atoms with van der Waals surface area (Å²) in [4.78, 5) is -0.0347. The van der Waals surface area contributed by atoms with Crippen LogP contribution in [0.1, 0.15) is 5.56 Å². The first-order valence-electron chi connectivity index (χ1n) is 6.02. The lowest BCUT2D eigenvalue weighted by Crippen LogP contribution is -2.19. The number of benzene rings is 2. The monoisotopic (exact) mass is 369 g/mol. The molecule has 7 heteroatoms. The van der Waals surface area contributed by atoms with Crippen molar-refractivity contribution in [2.24, 2.45) is 0 Å². The quantitative estimate of drug-likeness (QED) is 0.603. The van der Waals surface area contributed by atoms with E-state index in [1.807, 2.05) is 0 Å². The lowest BCUT2D eigenvalue weighted by atomic mass is 10.1. The third-order valence-electron chi connectivity index (χ3n) is 3.27. The molecule has 0 N–H and O–H groups in total. The zero-order chi connectivity index (χ0) is 15.2. The zero-order valence-corrected chi connectivity index (χ0v) is 13.0. The number of halogens is 2. The van der Waals surface area contributed by atoms with E-state index in [9.17, 15) is 18.0 Å². The van der Waals surface area contributed by atoms with Gasteiger partial charge < -0.3 is 5.21 Å². The molecular weight excluding hydrogens is 361 g/mol. The van der Waals surface area contributed by atoms with E-state index in [-0.39, 0.29) is 27.6 Å². The Kier molecular flexibility index (Phi) is 3.33. The molecule has 0 spiro atoms. The molecule has 0 unspecified atom stereocenters. The van der Waals surface area contributed by atoms with Gasteiger partial charge in [-0.25, -0.2) is 12.8 Å². The van der Waals surface area contributed by atoms with Gasteiger partial charge in [-0.3, -0.25) is 0 Å². The van der Waals surface area contributed by atoms with Crippen LogP contribution in [-0.2, 0) is 16.3 Å². The van der Waals surface area contributed by atoms with Gasteiger partial charge in [0.25, 0.3) is 14.9 Å². The first kappa shape index (κ1) is 14.2. The Morgan fingerprint density at radius 3 is 2.57 bits per heavy atom. The predicted molar refractivity (Wildman–Crippen MR) is 79.7 cm³/mol. The van der Waals surface area contributed by atoms with Crippen molar-refractivity contribution < 1.29 is 17.5 Å². The molecule has 0 fully saturated rings. The minimum atomic E-state index is -3.87. The Hall–Kier alpha value is -1.73. The average molecular weight is 370 g/mol. The van der Waals surface area contributed by atoms with Crippen LogP contribution in [0.4, 0.5) is 10.1 Å². The van der Waals surface area contributed by atoms with E-state index in [1.165, 1.54) is 24.3 Å². The molecule has 3 rings (SSSR count). The van der Waals surface area contributed by atoms with Crippen LogP contribution in [0.15, 0.2) is 51.8 Å². The molecule has 2 aromatic carbocycles. The Balaban J connectivity index is 2.10. The predicted octanol–water partition coefficient (Wildman–Crippen LogP) is 3.16. The fraction of sp³-hybridized carbons (Fsp3) is 0.0714. The Morgan fingerprint density at radius 1 is 1.19 bits per heavy atom. The molecule has 0 radical (unpaired) electrons. The molecule has 0 atom stereocenters. The highest BCUT2D eigenvalue weighted by atomic mass is 79.9. The van der Waals surface area contributed by atoms with Crippen molar-refractivity contribution in [1.29, 1.82) is 0 Å². The van der Waals surface area contributed by atoms with Crippen molar-refractivity contribution in [3.8, 4) is 0 Å². The lowest BCUT2D eigenvalue weighted by molar-refractivity contribution is -0.359. The van der Waals surface area contributed by atoms with E-state index in [0.717, 1.165) is 0 Å². The van der Waals surface area contributed by atoms with Crippen LogP contribution in [0.3, 0.4) is 0 Å². The van der Waals surface area contributed by atoms with Crippen molar-refractivity contribution in [3.63, 3.8) is 0 Å². The maximum atomic E-state index is 13.9. The van der Waals surface area contributed by atoms with Gasteiger partial charge in [-0.1, -0.05) is 34.1 Å². The third-order valence-corrected chi connectivity index (χ3v) is 5.62. The molecule has 108 valence electrons. The summed E-state index contributed by atoms with van der Waals surface area (Å²) in [5, 5.41) is 11.8. The second kappa shape index (κ2) is 4.92. The highest BCUT2D eigenvalue weighted by molar-refractivity contribution is 9.10. The summed E-state index contributed by atoms with van der Waals surface area (Å²) >= 11 is 3.13. The molecule has 2 aromatic rings. The van der Waals surface area contributed by atoms with E-state index >= 15 is 0 Å². The van der Waals surface area contributed by atoms with Gasteiger partial charge in [-0.15, -0.1) is 0 Å². The molecule has 1 aliphatic heterocycles. The molecular formula is C14H9BrFNO3S. The van der Waals surface area contributed by atoms with Crippen molar-refractivity contribution in [3.05, 3.63) is 63.5 Å². The number of para-hydroxylation sites is 1. The number of sulfone groups is 1. The molecule has 0 aliphatic carbocycles. The molecule has 0 bridgehead atoms. The Labute approximate surface area is 129 Å². The molecule has 1 aliphatic rings. The summed E-state index contributed by atoms with van der Waals surface area (Å²) in [5.41, 5.74) is 0.232. The SMILES string of the molecule is O=S1(=O)C(Cc2ccc(Br)cc2F)=[N+]([O-])c2ccccc21. The number of fused-ring (bicyclic) bond motifs is 1. The Bertz CT molecular complexity index is 878. The van der Waals surface area contributed by atoms with Crippen molar-refractivity contribution >= 4 is 36.5 Å². The van der Waals surface area contributed by atoms with Gasteiger partial charge >= 0.3 is 0 Å². The minimum Gasteiger partial charge on any atom is -0.618 e. The van der Waals surface area contributed by atoms with Crippen LogP contribution in [0.2, 0.25) is 0 Å². The summed E-state index contributed by atoms with van der Waals surface area (Å²) in [6.45, 7) is 0. The summed E-state index contributed by atoms with van der Waals surface area (Å²) in [6.07, 6.45) is -0.278. The van der Waals surface area contributed by atoms with Crippen molar-refractivity contribution in [2.45, 2.75) is 11.3 Å². The van der Waals surface area contributed by atoms with Crippen LogP contribution in [0.5, 0.6) is 0 Å². The van der Waals surface area contributed by atoms with E-state index in [4.69, 9.17) is 0 Å². The van der Waals surface area contributed by atoms with E-state index < -0.39 is 15.7 Å². The summed E-state index contributed by atoms with van der Waals surface area (Å²) in [5.74, 6) is -0.559. The highest BCUT2D eigenvalue weighted by Gasteiger charge is 2.41. The fourth-order valence-corrected chi connectivity index (χ4v) is 4.15. The van der Waals surface area contributed by atoms with Gasteiger partial charge in [0.15, 0.2) is 4.90 Å². The molecule has 0 saturated carbocycles. The first-order chi connectivity index (χ1) is 9.91. The largest absolute Gasteiger partial charge is 0.618 e. The van der Waals surface area contributed by atoms with Crippen LogP contribution >= 0.6 is 15.9 Å². The minimum absolute atomic E-state index is 0.0347. The highest BCUT2D eigenvalue weighted by Crippen LogP contribution is 2.33. The van der Waals surface area contributed by atoms with Gasteiger partial charge in [0.05, 0.1) is 6.42 Å². The van der Waals surface area contributed by atoms with Crippen LogP contribution in [0, 0.1) is 11.0 Å². The maximum Gasteiger partial charge on any atom is 0.294 e. The first-order valence-corrected chi connectivity index (χ1v) is 8.30. The van der Waals surface area contributed by atoms with Gasteiger partial charge in [-0.05, 0) is 23.8 Å². The summed E-state index contributed by atoms with van der Waals surface area (Å²) in [7, 11) is -3.87. The molecule has 1 heterocycles. The van der Waals surface area contributed by atoms with E-state index in [2.05, 4.69) is 15.9 Å². The average Bonchev–Trinajstić information content (AvgIpc) is 2.63. The van der Waals surface area contributed by atoms with Crippen molar-refractivity contribution in [2.75, 3.05) is 0 Å².